The highest BCUT2D eigenvalue weighted by molar-refractivity contribution is 5.79. The smallest absolute Gasteiger partial charge is 0.191 e. The lowest BCUT2D eigenvalue weighted by Crippen LogP contribution is -2.58. The minimum absolute atomic E-state index is 0.0340. The van der Waals surface area contributed by atoms with Crippen molar-refractivity contribution in [1.82, 2.24) is 16.0 Å². The summed E-state index contributed by atoms with van der Waals surface area (Å²) in [6.45, 7) is 5.35. The number of para-hydroxylation sites is 1. The number of ether oxygens (including phenoxy) is 2. The van der Waals surface area contributed by atoms with Crippen LogP contribution in [0.2, 0.25) is 0 Å². The van der Waals surface area contributed by atoms with E-state index in [1.54, 1.807) is 7.11 Å². The molecule has 0 aromatic heterocycles. The SMILES string of the molecule is CN=C(NCCc1ccccc1OC)NCC1(NC(C)c2ccccc2)CCOCC1. The molecular weight excluding hydrogens is 388 g/mol. The first-order chi connectivity index (χ1) is 15.2. The van der Waals surface area contributed by atoms with Gasteiger partial charge in [0.05, 0.1) is 7.11 Å². The van der Waals surface area contributed by atoms with Crippen LogP contribution in [-0.2, 0) is 11.2 Å². The van der Waals surface area contributed by atoms with E-state index in [4.69, 9.17) is 9.47 Å². The topological polar surface area (TPSA) is 66.9 Å². The van der Waals surface area contributed by atoms with Gasteiger partial charge in [-0.1, -0.05) is 48.5 Å². The molecule has 1 aliphatic heterocycles. The largest absolute Gasteiger partial charge is 0.496 e. The van der Waals surface area contributed by atoms with Gasteiger partial charge in [-0.05, 0) is 43.4 Å². The maximum absolute atomic E-state index is 5.66. The summed E-state index contributed by atoms with van der Waals surface area (Å²) in [4.78, 5) is 4.42. The van der Waals surface area contributed by atoms with Gasteiger partial charge in [-0.15, -0.1) is 0 Å². The van der Waals surface area contributed by atoms with Gasteiger partial charge in [0, 0.05) is 44.9 Å². The fourth-order valence-corrected chi connectivity index (χ4v) is 4.12. The Morgan fingerprint density at radius 2 is 1.77 bits per heavy atom. The number of methoxy groups -OCH3 is 1. The van der Waals surface area contributed by atoms with Crippen molar-refractivity contribution in [2.24, 2.45) is 4.99 Å². The fraction of sp³-hybridized carbons (Fsp3) is 0.480. The van der Waals surface area contributed by atoms with Gasteiger partial charge in [-0.25, -0.2) is 0 Å². The highest BCUT2D eigenvalue weighted by atomic mass is 16.5. The predicted octanol–water partition coefficient (Wildman–Crippen LogP) is 3.30. The number of rotatable bonds is 9. The molecule has 1 heterocycles. The van der Waals surface area contributed by atoms with Gasteiger partial charge in [0.15, 0.2) is 5.96 Å². The minimum atomic E-state index is -0.0340. The van der Waals surface area contributed by atoms with Crippen LogP contribution in [0.1, 0.15) is 36.9 Å². The molecule has 3 N–H and O–H groups in total. The Hall–Kier alpha value is -2.57. The van der Waals surface area contributed by atoms with Gasteiger partial charge in [0.1, 0.15) is 5.75 Å². The van der Waals surface area contributed by atoms with Crippen molar-refractivity contribution in [1.29, 1.82) is 0 Å². The van der Waals surface area contributed by atoms with Crippen LogP contribution in [0.4, 0.5) is 0 Å². The lowest BCUT2D eigenvalue weighted by atomic mass is 9.88. The quantitative estimate of drug-likeness (QED) is 0.426. The van der Waals surface area contributed by atoms with E-state index in [0.717, 1.165) is 57.3 Å². The number of benzene rings is 2. The van der Waals surface area contributed by atoms with Crippen molar-refractivity contribution >= 4 is 5.96 Å². The molecule has 0 radical (unpaired) electrons. The monoisotopic (exact) mass is 424 g/mol. The number of nitrogens with one attached hydrogen (secondary N) is 3. The molecule has 0 saturated carbocycles. The Morgan fingerprint density at radius 1 is 1.06 bits per heavy atom. The number of nitrogens with zero attached hydrogens (tertiary/aromatic N) is 1. The molecule has 0 amide bonds. The van der Waals surface area contributed by atoms with Crippen LogP contribution in [0.5, 0.6) is 5.75 Å². The number of hydrogen-bond donors (Lipinski definition) is 3. The van der Waals surface area contributed by atoms with Crippen molar-refractivity contribution in [3.8, 4) is 5.75 Å². The molecule has 0 bridgehead atoms. The van der Waals surface area contributed by atoms with E-state index in [1.165, 1.54) is 11.1 Å². The summed E-state index contributed by atoms with van der Waals surface area (Å²) < 4.78 is 11.1. The zero-order valence-electron chi connectivity index (χ0n) is 19.0. The third-order valence-corrected chi connectivity index (χ3v) is 5.97. The summed E-state index contributed by atoms with van der Waals surface area (Å²) in [6, 6.07) is 19.0. The Balaban J connectivity index is 1.55. The molecule has 6 nitrogen and oxygen atoms in total. The molecule has 0 aliphatic carbocycles. The third-order valence-electron chi connectivity index (χ3n) is 5.97. The first kappa shape index (κ1) is 23.1. The molecule has 1 unspecified atom stereocenters. The minimum Gasteiger partial charge on any atom is -0.496 e. The van der Waals surface area contributed by atoms with Gasteiger partial charge in [0.2, 0.25) is 0 Å². The van der Waals surface area contributed by atoms with Crippen LogP contribution in [0.15, 0.2) is 59.6 Å². The maximum atomic E-state index is 5.66. The molecule has 6 heteroatoms. The first-order valence-electron chi connectivity index (χ1n) is 11.1. The number of aliphatic imine (C=N–C) groups is 1. The third kappa shape index (κ3) is 6.71. The predicted molar refractivity (Wildman–Crippen MR) is 127 cm³/mol. The summed E-state index contributed by atoms with van der Waals surface area (Å²) in [6.07, 6.45) is 2.80. The van der Waals surface area contributed by atoms with Gasteiger partial charge in [-0.2, -0.15) is 0 Å². The van der Waals surface area contributed by atoms with E-state index in [0.29, 0.717) is 0 Å². The first-order valence-corrected chi connectivity index (χ1v) is 11.1. The molecule has 1 fully saturated rings. The van der Waals surface area contributed by atoms with Crippen LogP contribution >= 0.6 is 0 Å². The number of guanidine groups is 1. The van der Waals surface area contributed by atoms with Crippen LogP contribution in [-0.4, -0.2) is 52.0 Å². The van der Waals surface area contributed by atoms with E-state index >= 15 is 0 Å². The second-order valence-corrected chi connectivity index (χ2v) is 8.08. The van der Waals surface area contributed by atoms with Crippen LogP contribution < -0.4 is 20.7 Å². The standard InChI is InChI=1S/C25H36N4O2/c1-20(21-9-5-4-6-10-21)29-25(14-17-31-18-15-25)19-28-24(26-2)27-16-13-22-11-7-8-12-23(22)30-3/h4-12,20,29H,13-19H2,1-3H3,(H2,26,27,28). The lowest BCUT2D eigenvalue weighted by molar-refractivity contribution is 0.0355. The highest BCUT2D eigenvalue weighted by Crippen LogP contribution is 2.25. The Bertz CT molecular complexity index is 819. The van der Waals surface area contributed by atoms with E-state index < -0.39 is 0 Å². The molecule has 1 atom stereocenters. The zero-order chi connectivity index (χ0) is 21.9. The summed E-state index contributed by atoms with van der Waals surface area (Å²) in [5.74, 6) is 1.74. The van der Waals surface area contributed by atoms with Crippen LogP contribution in [0.25, 0.3) is 0 Å². The van der Waals surface area contributed by atoms with Crippen molar-refractivity contribution in [3.63, 3.8) is 0 Å². The highest BCUT2D eigenvalue weighted by Gasteiger charge is 2.34. The number of hydrogen-bond acceptors (Lipinski definition) is 4. The Labute approximate surface area is 186 Å². The van der Waals surface area contributed by atoms with Gasteiger partial charge < -0.3 is 25.4 Å². The second-order valence-electron chi connectivity index (χ2n) is 8.08. The average Bonchev–Trinajstić information content (AvgIpc) is 2.82. The molecule has 31 heavy (non-hydrogen) atoms. The Morgan fingerprint density at radius 3 is 2.48 bits per heavy atom. The molecule has 2 aromatic rings. The molecule has 1 aliphatic rings. The molecule has 3 rings (SSSR count). The average molecular weight is 425 g/mol. The van der Waals surface area contributed by atoms with Gasteiger partial charge in [-0.3, -0.25) is 4.99 Å². The van der Waals surface area contributed by atoms with Crippen molar-refractivity contribution in [2.45, 2.75) is 37.8 Å². The van der Waals surface area contributed by atoms with E-state index in [2.05, 4.69) is 64.3 Å². The van der Waals surface area contributed by atoms with E-state index in [1.807, 2.05) is 25.2 Å². The summed E-state index contributed by atoms with van der Waals surface area (Å²) in [5.41, 5.74) is 2.45. The van der Waals surface area contributed by atoms with Crippen LogP contribution in [0, 0.1) is 0 Å². The van der Waals surface area contributed by atoms with Gasteiger partial charge >= 0.3 is 0 Å². The molecule has 2 aromatic carbocycles. The molecule has 1 saturated heterocycles. The van der Waals surface area contributed by atoms with E-state index in [9.17, 15) is 0 Å². The second kappa shape index (κ2) is 11.7. The normalized spacial score (nSPS) is 17.1. The zero-order valence-corrected chi connectivity index (χ0v) is 19.0. The molecule has 0 spiro atoms. The molecular formula is C25H36N4O2. The van der Waals surface area contributed by atoms with Crippen molar-refractivity contribution in [3.05, 3.63) is 65.7 Å². The maximum Gasteiger partial charge on any atom is 0.191 e. The van der Waals surface area contributed by atoms with Gasteiger partial charge in [0.25, 0.3) is 0 Å². The lowest BCUT2D eigenvalue weighted by Gasteiger charge is -2.41. The molecule has 168 valence electrons. The summed E-state index contributed by atoms with van der Waals surface area (Å²) in [5, 5.41) is 10.9. The van der Waals surface area contributed by atoms with Crippen molar-refractivity contribution < 1.29 is 9.47 Å². The Kier molecular flexibility index (Phi) is 8.74. The van der Waals surface area contributed by atoms with Crippen LogP contribution in [0.3, 0.4) is 0 Å². The summed E-state index contributed by atoms with van der Waals surface area (Å²) in [7, 11) is 3.53. The summed E-state index contributed by atoms with van der Waals surface area (Å²) >= 11 is 0. The fourth-order valence-electron chi connectivity index (χ4n) is 4.12. The van der Waals surface area contributed by atoms with Crippen molar-refractivity contribution in [2.75, 3.05) is 40.5 Å². The van der Waals surface area contributed by atoms with E-state index in [-0.39, 0.29) is 11.6 Å².